The third kappa shape index (κ3) is 5.92. The Morgan fingerprint density at radius 3 is 2.67 bits per heavy atom. The molecule has 2 heterocycles. The number of azo groups is 1. The number of piperidine rings is 1. The van der Waals surface area contributed by atoms with Crippen LogP contribution in [0.5, 0.6) is 5.75 Å². The number of hydrogen-bond acceptors (Lipinski definition) is 8. The molecular weight excluding hydrogens is 464 g/mol. The van der Waals surface area contributed by atoms with E-state index in [2.05, 4.69) is 20.9 Å². The summed E-state index contributed by atoms with van der Waals surface area (Å²) in [5.74, 6) is -0.719. The van der Waals surface area contributed by atoms with E-state index in [-0.39, 0.29) is 37.3 Å². The van der Waals surface area contributed by atoms with E-state index in [0.29, 0.717) is 47.8 Å². The number of fused-ring (bicyclic) bond motifs is 1. The molecular formula is C25H28N6O5. The van der Waals surface area contributed by atoms with E-state index in [4.69, 9.17) is 10.5 Å². The number of amides is 4. The maximum absolute atomic E-state index is 12.9. The van der Waals surface area contributed by atoms with Gasteiger partial charge in [0.15, 0.2) is 6.61 Å². The molecule has 1 unspecified atom stereocenters. The van der Waals surface area contributed by atoms with Gasteiger partial charge >= 0.3 is 0 Å². The Kier molecular flexibility index (Phi) is 8.01. The molecule has 0 saturated carbocycles. The van der Waals surface area contributed by atoms with Crippen LogP contribution in [0.1, 0.15) is 41.6 Å². The molecule has 2 aliphatic heterocycles. The van der Waals surface area contributed by atoms with Crippen LogP contribution in [0.25, 0.3) is 0 Å². The van der Waals surface area contributed by atoms with Gasteiger partial charge < -0.3 is 20.7 Å². The molecule has 4 N–H and O–H groups in total. The zero-order chi connectivity index (χ0) is 25.5. The average molecular weight is 493 g/mol. The minimum absolute atomic E-state index is 0.0860. The van der Waals surface area contributed by atoms with Crippen LogP contribution in [-0.4, -0.2) is 54.3 Å². The number of imide groups is 1. The van der Waals surface area contributed by atoms with Gasteiger partial charge in [-0.2, -0.15) is 10.2 Å². The summed E-state index contributed by atoms with van der Waals surface area (Å²) in [6.45, 7) is 1.30. The summed E-state index contributed by atoms with van der Waals surface area (Å²) < 4.78 is 5.49. The van der Waals surface area contributed by atoms with Crippen molar-refractivity contribution in [2.24, 2.45) is 16.0 Å². The molecule has 188 valence electrons. The van der Waals surface area contributed by atoms with Crippen molar-refractivity contribution in [3.8, 4) is 5.75 Å². The molecule has 4 amide bonds. The lowest BCUT2D eigenvalue weighted by Crippen LogP contribution is -2.52. The second-order valence-electron chi connectivity index (χ2n) is 8.53. The number of nitrogens with zero attached hydrogens (tertiary/aromatic N) is 3. The molecule has 0 aromatic heterocycles. The first-order valence-electron chi connectivity index (χ1n) is 11.8. The zero-order valence-electron chi connectivity index (χ0n) is 19.7. The maximum Gasteiger partial charge on any atom is 0.257 e. The predicted octanol–water partition coefficient (Wildman–Crippen LogP) is 2.10. The molecule has 0 aliphatic carbocycles. The Morgan fingerprint density at radius 1 is 1.11 bits per heavy atom. The highest BCUT2D eigenvalue weighted by Crippen LogP contribution is 2.34. The Labute approximate surface area is 208 Å². The standard InChI is InChI=1S/C25H28N6O5/c26-12-1-2-13-27-23(33)15-36-17-8-6-16(7-9-17)29-30-20-5-3-4-18-19(20)14-31(25(18)35)21-10-11-22(32)28-24(21)34/h3-9,21H,1-2,10-15,26H2,(H,27,33)(H,28,32,34)/b30-29+. The van der Waals surface area contributed by atoms with E-state index in [0.717, 1.165) is 12.8 Å². The van der Waals surface area contributed by atoms with Crippen LogP contribution >= 0.6 is 0 Å². The molecule has 1 fully saturated rings. The fraction of sp³-hybridized carbons (Fsp3) is 0.360. The highest BCUT2D eigenvalue weighted by molar-refractivity contribution is 6.06. The van der Waals surface area contributed by atoms with E-state index in [9.17, 15) is 19.2 Å². The highest BCUT2D eigenvalue weighted by Gasteiger charge is 2.39. The normalized spacial score (nSPS) is 17.3. The first-order valence-corrected chi connectivity index (χ1v) is 11.8. The molecule has 11 nitrogen and oxygen atoms in total. The summed E-state index contributed by atoms with van der Waals surface area (Å²) in [7, 11) is 0. The van der Waals surface area contributed by atoms with Gasteiger partial charge in [-0.15, -0.1) is 0 Å². The van der Waals surface area contributed by atoms with Crippen LogP contribution in [-0.2, 0) is 20.9 Å². The molecule has 2 aromatic rings. The number of carbonyl (C=O) groups excluding carboxylic acids is 4. The molecule has 4 rings (SSSR count). The lowest BCUT2D eigenvalue weighted by atomic mass is 10.0. The van der Waals surface area contributed by atoms with Crippen molar-refractivity contribution in [3.05, 3.63) is 53.6 Å². The van der Waals surface area contributed by atoms with Crippen LogP contribution in [0.15, 0.2) is 52.7 Å². The summed E-state index contributed by atoms with van der Waals surface area (Å²) >= 11 is 0. The highest BCUT2D eigenvalue weighted by atomic mass is 16.5. The summed E-state index contributed by atoms with van der Waals surface area (Å²) in [6, 6.07) is 11.3. The van der Waals surface area contributed by atoms with Gasteiger partial charge in [0, 0.05) is 30.6 Å². The molecule has 36 heavy (non-hydrogen) atoms. The molecule has 2 aromatic carbocycles. The van der Waals surface area contributed by atoms with Gasteiger partial charge in [0.25, 0.3) is 11.8 Å². The van der Waals surface area contributed by atoms with Crippen LogP contribution in [0.4, 0.5) is 11.4 Å². The lowest BCUT2D eigenvalue weighted by Gasteiger charge is -2.29. The largest absolute Gasteiger partial charge is 0.484 e. The summed E-state index contributed by atoms with van der Waals surface area (Å²) in [5.41, 5.74) is 7.69. The summed E-state index contributed by atoms with van der Waals surface area (Å²) in [4.78, 5) is 49.9. The number of hydrogen-bond donors (Lipinski definition) is 3. The van der Waals surface area contributed by atoms with Crippen molar-refractivity contribution < 1.29 is 23.9 Å². The van der Waals surface area contributed by atoms with Crippen LogP contribution in [0, 0.1) is 0 Å². The van der Waals surface area contributed by atoms with Crippen LogP contribution < -0.4 is 21.1 Å². The average Bonchev–Trinajstić information content (AvgIpc) is 3.21. The van der Waals surface area contributed by atoms with Crippen molar-refractivity contribution in [2.75, 3.05) is 19.7 Å². The number of nitrogens with two attached hydrogens (primary N) is 1. The Hall–Kier alpha value is -4.12. The van der Waals surface area contributed by atoms with Crippen LogP contribution in [0.2, 0.25) is 0 Å². The van der Waals surface area contributed by atoms with Crippen molar-refractivity contribution in [1.82, 2.24) is 15.5 Å². The zero-order valence-corrected chi connectivity index (χ0v) is 19.7. The number of unbranched alkanes of at least 4 members (excludes halogenated alkanes) is 1. The van der Waals surface area contributed by atoms with Crippen molar-refractivity contribution >= 4 is 35.0 Å². The first-order chi connectivity index (χ1) is 17.5. The summed E-state index contributed by atoms with van der Waals surface area (Å²) in [5, 5.41) is 13.7. The van der Waals surface area contributed by atoms with E-state index in [1.807, 2.05) is 0 Å². The molecule has 1 atom stereocenters. The SMILES string of the molecule is NCCCCNC(=O)COc1ccc(/N=N/c2cccc3c2CN(C2CCC(=O)NC2=O)C3=O)cc1. The van der Waals surface area contributed by atoms with Crippen LogP contribution in [0.3, 0.4) is 0 Å². The van der Waals surface area contributed by atoms with Gasteiger partial charge in [-0.05, 0) is 62.2 Å². The molecule has 11 heteroatoms. The first kappa shape index (κ1) is 25.0. The van der Waals surface area contributed by atoms with E-state index < -0.39 is 11.9 Å². The molecule has 1 saturated heterocycles. The van der Waals surface area contributed by atoms with E-state index in [1.165, 1.54) is 4.90 Å². The predicted molar refractivity (Wildman–Crippen MR) is 130 cm³/mol. The number of rotatable bonds is 10. The third-order valence-electron chi connectivity index (χ3n) is 5.99. The fourth-order valence-electron chi connectivity index (χ4n) is 4.08. The summed E-state index contributed by atoms with van der Waals surface area (Å²) in [6.07, 6.45) is 2.18. The van der Waals surface area contributed by atoms with Gasteiger partial charge in [0.1, 0.15) is 11.8 Å². The maximum atomic E-state index is 12.9. The Morgan fingerprint density at radius 2 is 1.92 bits per heavy atom. The second kappa shape index (κ2) is 11.5. The quantitative estimate of drug-likeness (QED) is 0.262. The van der Waals surface area contributed by atoms with Gasteiger partial charge in [-0.1, -0.05) is 6.07 Å². The number of nitrogens with one attached hydrogen (secondary N) is 2. The van der Waals surface area contributed by atoms with Gasteiger partial charge in [-0.3, -0.25) is 24.5 Å². The number of benzene rings is 2. The van der Waals surface area contributed by atoms with E-state index in [1.54, 1.807) is 42.5 Å². The van der Waals surface area contributed by atoms with Crippen molar-refractivity contribution in [2.45, 2.75) is 38.3 Å². The molecule has 2 aliphatic rings. The second-order valence-corrected chi connectivity index (χ2v) is 8.53. The lowest BCUT2D eigenvalue weighted by molar-refractivity contribution is -0.137. The number of carbonyl (C=O) groups is 4. The van der Waals surface area contributed by atoms with Gasteiger partial charge in [0.2, 0.25) is 11.8 Å². The van der Waals surface area contributed by atoms with Gasteiger partial charge in [-0.25, -0.2) is 0 Å². The third-order valence-corrected chi connectivity index (χ3v) is 5.99. The fourth-order valence-corrected chi connectivity index (χ4v) is 4.08. The van der Waals surface area contributed by atoms with Crippen molar-refractivity contribution in [3.63, 3.8) is 0 Å². The minimum Gasteiger partial charge on any atom is -0.484 e. The minimum atomic E-state index is -0.687. The topological polar surface area (TPSA) is 156 Å². The number of ether oxygens (including phenoxy) is 1. The molecule has 0 radical (unpaired) electrons. The van der Waals surface area contributed by atoms with Crippen molar-refractivity contribution in [1.29, 1.82) is 0 Å². The molecule has 0 spiro atoms. The monoisotopic (exact) mass is 492 g/mol. The smallest absolute Gasteiger partial charge is 0.257 e. The molecule has 0 bridgehead atoms. The Bertz CT molecular complexity index is 1180. The Balaban J connectivity index is 1.36. The van der Waals surface area contributed by atoms with E-state index >= 15 is 0 Å². The van der Waals surface area contributed by atoms with Gasteiger partial charge in [0.05, 0.1) is 11.4 Å².